The highest BCUT2D eigenvalue weighted by Crippen LogP contribution is 2.23. The molecule has 2 atom stereocenters. The van der Waals surface area contributed by atoms with Crippen molar-refractivity contribution in [3.63, 3.8) is 0 Å². The molecule has 0 saturated carbocycles. The van der Waals surface area contributed by atoms with E-state index in [1.807, 2.05) is 0 Å². The molecule has 1 aromatic carbocycles. The molecule has 0 spiro atoms. The van der Waals surface area contributed by atoms with Gasteiger partial charge in [-0.15, -0.1) is 0 Å². The topological polar surface area (TPSA) is 160 Å². The van der Waals surface area contributed by atoms with Gasteiger partial charge in [-0.3, -0.25) is 14.4 Å². The zero-order valence-corrected chi connectivity index (χ0v) is 16.8. The maximum Gasteiger partial charge on any atom is 0.341 e. The number of carbonyl (C=O) groups is 4. The number of unbranched alkanes of at least 4 members (excludes halogenated alkanes) is 1. The Morgan fingerprint density at radius 3 is 2.41 bits per heavy atom. The summed E-state index contributed by atoms with van der Waals surface area (Å²) in [6.07, 6.45) is 1.53. The van der Waals surface area contributed by atoms with Crippen LogP contribution in [0, 0.1) is 0 Å². The number of phenolic OH excluding ortho intramolecular Hbond substituents is 1. The van der Waals surface area contributed by atoms with Crippen LogP contribution in [0.5, 0.6) is 5.75 Å². The molecule has 0 bridgehead atoms. The highest BCUT2D eigenvalue weighted by atomic mass is 16.5. The fourth-order valence-electron chi connectivity index (χ4n) is 2.43. The van der Waals surface area contributed by atoms with Crippen LogP contribution in [0.2, 0.25) is 0 Å². The summed E-state index contributed by atoms with van der Waals surface area (Å²) in [6.45, 7) is 3.39. The molecule has 1 aromatic rings. The molecule has 0 radical (unpaired) electrons. The van der Waals surface area contributed by atoms with Gasteiger partial charge in [0, 0.05) is 25.2 Å². The van der Waals surface area contributed by atoms with Crippen LogP contribution < -0.4 is 21.7 Å². The van der Waals surface area contributed by atoms with Gasteiger partial charge < -0.3 is 31.5 Å². The van der Waals surface area contributed by atoms with Crippen LogP contribution in [0.25, 0.3) is 0 Å². The summed E-state index contributed by atoms with van der Waals surface area (Å²) in [5, 5.41) is 17.8. The maximum atomic E-state index is 12.6. The fourth-order valence-corrected chi connectivity index (χ4v) is 2.43. The van der Waals surface area contributed by atoms with Gasteiger partial charge in [-0.2, -0.15) is 0 Å². The van der Waals surface area contributed by atoms with E-state index in [0.717, 1.165) is 0 Å². The summed E-state index contributed by atoms with van der Waals surface area (Å²) in [5.74, 6) is -2.16. The van der Waals surface area contributed by atoms with Crippen molar-refractivity contribution >= 4 is 29.4 Å². The van der Waals surface area contributed by atoms with Gasteiger partial charge in [-0.25, -0.2) is 4.79 Å². The normalized spacial score (nSPS) is 12.4. The van der Waals surface area contributed by atoms with E-state index in [4.69, 9.17) is 5.73 Å². The van der Waals surface area contributed by atoms with Gasteiger partial charge in [0.2, 0.25) is 17.7 Å². The summed E-state index contributed by atoms with van der Waals surface area (Å²) in [6, 6.07) is 2.33. The van der Waals surface area contributed by atoms with Gasteiger partial charge in [-0.1, -0.05) is 0 Å². The highest BCUT2D eigenvalue weighted by Gasteiger charge is 2.22. The third-order valence-corrected chi connectivity index (χ3v) is 4.01. The molecule has 0 aliphatic rings. The molecule has 10 heteroatoms. The van der Waals surface area contributed by atoms with E-state index < -0.39 is 29.9 Å². The van der Waals surface area contributed by atoms with Crippen molar-refractivity contribution in [3.8, 4) is 5.75 Å². The van der Waals surface area contributed by atoms with Crippen molar-refractivity contribution in [2.24, 2.45) is 5.73 Å². The quantitative estimate of drug-likeness (QED) is 0.274. The Bertz CT molecular complexity index is 750. The number of benzene rings is 1. The molecular formula is C19H28N4O6. The average Bonchev–Trinajstić information content (AvgIpc) is 2.65. The van der Waals surface area contributed by atoms with E-state index in [2.05, 4.69) is 20.7 Å². The minimum Gasteiger partial charge on any atom is -0.507 e. The number of carbonyl (C=O) groups excluding carboxylic acids is 4. The predicted molar refractivity (Wildman–Crippen MR) is 106 cm³/mol. The summed E-state index contributed by atoms with van der Waals surface area (Å²) in [7, 11) is 1.19. The third kappa shape index (κ3) is 8.18. The molecule has 29 heavy (non-hydrogen) atoms. The van der Waals surface area contributed by atoms with E-state index in [-0.39, 0.29) is 22.9 Å². The van der Waals surface area contributed by atoms with Crippen molar-refractivity contribution in [1.29, 1.82) is 0 Å². The van der Waals surface area contributed by atoms with Crippen molar-refractivity contribution in [3.05, 3.63) is 23.8 Å². The zero-order chi connectivity index (χ0) is 22.0. The molecule has 0 aromatic heterocycles. The van der Waals surface area contributed by atoms with Gasteiger partial charge in [0.15, 0.2) is 0 Å². The number of esters is 1. The second kappa shape index (κ2) is 11.6. The molecule has 1 rings (SSSR count). The maximum absolute atomic E-state index is 12.6. The molecule has 6 N–H and O–H groups in total. The Kier molecular flexibility index (Phi) is 9.60. The number of ether oxygens (including phenoxy) is 1. The first-order chi connectivity index (χ1) is 13.6. The van der Waals surface area contributed by atoms with Crippen LogP contribution in [0.1, 0.15) is 43.5 Å². The number of rotatable bonds is 10. The minimum absolute atomic E-state index is 0.0368. The molecule has 0 heterocycles. The predicted octanol–water partition coefficient (Wildman–Crippen LogP) is 0.256. The van der Waals surface area contributed by atoms with Crippen LogP contribution in [-0.4, -0.2) is 54.5 Å². The van der Waals surface area contributed by atoms with Crippen LogP contribution in [0.15, 0.2) is 18.2 Å². The number of nitrogens with two attached hydrogens (primary N) is 1. The number of amides is 3. The average molecular weight is 408 g/mol. The Hall–Kier alpha value is -3.14. The molecule has 0 unspecified atom stereocenters. The van der Waals surface area contributed by atoms with E-state index in [0.29, 0.717) is 25.8 Å². The summed E-state index contributed by atoms with van der Waals surface area (Å²) in [5.41, 5.74) is 5.77. The van der Waals surface area contributed by atoms with Gasteiger partial charge >= 0.3 is 5.97 Å². The summed E-state index contributed by atoms with van der Waals surface area (Å²) < 4.78 is 4.55. The number of phenols is 1. The molecule has 160 valence electrons. The van der Waals surface area contributed by atoms with Crippen LogP contribution in [0.4, 0.5) is 5.69 Å². The molecule has 10 nitrogen and oxygen atoms in total. The van der Waals surface area contributed by atoms with Crippen molar-refractivity contribution in [2.45, 2.75) is 45.2 Å². The lowest BCUT2D eigenvalue weighted by atomic mass is 10.1. The Labute approximate surface area is 169 Å². The molecule has 0 fully saturated rings. The first kappa shape index (κ1) is 23.9. The van der Waals surface area contributed by atoms with Gasteiger partial charge in [0.05, 0.1) is 13.2 Å². The van der Waals surface area contributed by atoms with Crippen LogP contribution in [-0.2, 0) is 19.1 Å². The Morgan fingerprint density at radius 2 is 1.86 bits per heavy atom. The Morgan fingerprint density at radius 1 is 1.17 bits per heavy atom. The lowest BCUT2D eigenvalue weighted by molar-refractivity contribution is -0.127. The number of methoxy groups -OCH3 is 1. The van der Waals surface area contributed by atoms with Gasteiger partial charge in [0.1, 0.15) is 17.4 Å². The van der Waals surface area contributed by atoms with Crippen LogP contribution >= 0.6 is 0 Å². The molecule has 0 aliphatic carbocycles. The lowest BCUT2D eigenvalue weighted by Crippen LogP contribution is -2.49. The molecule has 3 amide bonds. The summed E-state index contributed by atoms with van der Waals surface area (Å²) in [4.78, 5) is 47.0. The lowest BCUT2D eigenvalue weighted by Gasteiger charge is -2.20. The fraction of sp³-hybridized carbons (Fsp3) is 0.474. The SMILES string of the molecule is COC(=O)c1ccc(NC(=O)[C@H](CCCCNC(C)=O)NC(=O)[C@H](C)N)cc1O. The zero-order valence-electron chi connectivity index (χ0n) is 16.8. The number of anilines is 1. The minimum atomic E-state index is -0.853. The summed E-state index contributed by atoms with van der Waals surface area (Å²) >= 11 is 0. The molecular weight excluding hydrogens is 380 g/mol. The van der Waals surface area contributed by atoms with E-state index in [1.165, 1.54) is 39.2 Å². The number of hydrogen-bond acceptors (Lipinski definition) is 7. The highest BCUT2D eigenvalue weighted by molar-refractivity contribution is 5.99. The van der Waals surface area contributed by atoms with Crippen molar-refractivity contribution in [2.75, 3.05) is 19.0 Å². The number of aromatic hydroxyl groups is 1. The van der Waals surface area contributed by atoms with Crippen molar-refractivity contribution < 1.29 is 29.0 Å². The monoisotopic (exact) mass is 408 g/mol. The molecule has 0 aliphatic heterocycles. The number of hydrogen-bond donors (Lipinski definition) is 5. The van der Waals surface area contributed by atoms with E-state index in [9.17, 15) is 24.3 Å². The smallest absolute Gasteiger partial charge is 0.341 e. The second-order valence-corrected chi connectivity index (χ2v) is 6.54. The Balaban J connectivity index is 2.79. The van der Waals surface area contributed by atoms with Gasteiger partial charge in [0.25, 0.3) is 0 Å². The van der Waals surface area contributed by atoms with E-state index in [1.54, 1.807) is 0 Å². The first-order valence-electron chi connectivity index (χ1n) is 9.18. The van der Waals surface area contributed by atoms with Gasteiger partial charge in [-0.05, 0) is 38.3 Å². The first-order valence-corrected chi connectivity index (χ1v) is 9.18. The molecule has 0 saturated heterocycles. The third-order valence-electron chi connectivity index (χ3n) is 4.01. The van der Waals surface area contributed by atoms with Crippen molar-refractivity contribution in [1.82, 2.24) is 10.6 Å². The standard InChI is InChI=1S/C19H28N4O6/c1-11(20)17(26)23-15(6-4-5-9-21-12(2)24)18(27)22-13-7-8-14(16(25)10-13)19(28)29-3/h7-8,10-11,15,25H,4-6,9,20H2,1-3H3,(H,21,24)(H,22,27)(H,23,26)/t11-,15-/m0/s1. The largest absolute Gasteiger partial charge is 0.507 e. The second-order valence-electron chi connectivity index (χ2n) is 6.54. The van der Waals surface area contributed by atoms with E-state index >= 15 is 0 Å². The van der Waals surface area contributed by atoms with Crippen LogP contribution in [0.3, 0.4) is 0 Å². The number of nitrogens with one attached hydrogen (secondary N) is 3.